The first-order valence-corrected chi connectivity index (χ1v) is 6.43. The van der Waals surface area contributed by atoms with Crippen molar-refractivity contribution in [1.29, 1.82) is 0 Å². The van der Waals surface area contributed by atoms with Gasteiger partial charge in [-0.1, -0.05) is 37.3 Å². The van der Waals surface area contributed by atoms with Gasteiger partial charge in [0.1, 0.15) is 6.10 Å². The van der Waals surface area contributed by atoms with Gasteiger partial charge in [0.05, 0.1) is 19.2 Å². The average molecular weight is 248 g/mol. The molecule has 2 atom stereocenters. The smallest absolute Gasteiger partial charge is 0.239 e. The van der Waals surface area contributed by atoms with Crippen LogP contribution in [0.15, 0.2) is 30.3 Å². The van der Waals surface area contributed by atoms with Crippen molar-refractivity contribution in [2.24, 2.45) is 5.73 Å². The first kappa shape index (κ1) is 13.1. The zero-order chi connectivity index (χ0) is 13.0. The molecule has 18 heavy (non-hydrogen) atoms. The van der Waals surface area contributed by atoms with Gasteiger partial charge >= 0.3 is 0 Å². The molecule has 1 aliphatic rings. The first-order valence-electron chi connectivity index (χ1n) is 6.43. The van der Waals surface area contributed by atoms with Crippen molar-refractivity contribution >= 4 is 5.91 Å². The topological polar surface area (TPSA) is 55.6 Å². The predicted molar refractivity (Wildman–Crippen MR) is 70.0 cm³/mol. The summed E-state index contributed by atoms with van der Waals surface area (Å²) in [7, 11) is 0. The zero-order valence-corrected chi connectivity index (χ0v) is 10.7. The fourth-order valence-electron chi connectivity index (χ4n) is 2.13. The molecule has 0 bridgehead atoms. The lowest BCUT2D eigenvalue weighted by Crippen LogP contribution is -2.49. The Morgan fingerprint density at radius 2 is 2.22 bits per heavy atom. The molecule has 2 N–H and O–H groups in total. The fourth-order valence-corrected chi connectivity index (χ4v) is 2.13. The van der Waals surface area contributed by atoms with Crippen LogP contribution in [0.3, 0.4) is 0 Å². The number of amides is 1. The molecule has 0 aliphatic carbocycles. The molecule has 0 aromatic heterocycles. The van der Waals surface area contributed by atoms with Crippen LogP contribution in [0.25, 0.3) is 0 Å². The molecule has 2 unspecified atom stereocenters. The summed E-state index contributed by atoms with van der Waals surface area (Å²) >= 11 is 0. The molecule has 1 fully saturated rings. The molecule has 4 nitrogen and oxygen atoms in total. The lowest BCUT2D eigenvalue weighted by molar-refractivity contribution is -0.140. The quantitative estimate of drug-likeness (QED) is 0.878. The van der Waals surface area contributed by atoms with E-state index >= 15 is 0 Å². The van der Waals surface area contributed by atoms with Gasteiger partial charge in [0, 0.05) is 6.54 Å². The van der Waals surface area contributed by atoms with E-state index < -0.39 is 0 Å². The minimum absolute atomic E-state index is 0.0294. The second-order valence-corrected chi connectivity index (χ2v) is 4.57. The molecule has 0 spiro atoms. The molecule has 4 heteroatoms. The number of rotatable bonds is 3. The van der Waals surface area contributed by atoms with E-state index in [-0.39, 0.29) is 18.1 Å². The minimum atomic E-state index is -0.389. The van der Waals surface area contributed by atoms with Crippen LogP contribution in [0, 0.1) is 0 Å². The van der Waals surface area contributed by atoms with Gasteiger partial charge in [-0.2, -0.15) is 0 Å². The van der Waals surface area contributed by atoms with Crippen molar-refractivity contribution in [1.82, 2.24) is 4.90 Å². The van der Waals surface area contributed by atoms with Crippen molar-refractivity contribution < 1.29 is 9.53 Å². The molecule has 0 radical (unpaired) electrons. The normalized spacial score (nSPS) is 21.7. The third kappa shape index (κ3) is 2.89. The third-order valence-corrected chi connectivity index (χ3v) is 3.31. The van der Waals surface area contributed by atoms with Gasteiger partial charge in [0.2, 0.25) is 5.91 Å². The Kier molecular flexibility index (Phi) is 4.33. The lowest BCUT2D eigenvalue weighted by Gasteiger charge is -2.34. The van der Waals surface area contributed by atoms with Gasteiger partial charge in [-0.25, -0.2) is 0 Å². The molecule has 1 aromatic rings. The Hall–Kier alpha value is -1.39. The number of benzene rings is 1. The van der Waals surface area contributed by atoms with Crippen molar-refractivity contribution in [2.45, 2.75) is 25.5 Å². The number of hydrogen-bond acceptors (Lipinski definition) is 3. The number of ether oxygens (including phenoxy) is 1. The Morgan fingerprint density at radius 3 is 2.89 bits per heavy atom. The molecule has 1 aromatic carbocycles. The largest absolute Gasteiger partial charge is 0.370 e. The average Bonchev–Trinajstić information content (AvgIpc) is 2.46. The number of morpholine rings is 1. The van der Waals surface area contributed by atoms with Crippen LogP contribution in [0.1, 0.15) is 25.0 Å². The number of nitrogens with zero attached hydrogens (tertiary/aromatic N) is 1. The van der Waals surface area contributed by atoms with Crippen molar-refractivity contribution in [3.63, 3.8) is 0 Å². The number of nitrogens with two attached hydrogens (primary N) is 1. The van der Waals surface area contributed by atoms with Crippen molar-refractivity contribution in [2.75, 3.05) is 19.7 Å². The van der Waals surface area contributed by atoms with E-state index in [0.717, 1.165) is 5.56 Å². The molecule has 1 aliphatic heterocycles. The maximum atomic E-state index is 12.1. The third-order valence-electron chi connectivity index (χ3n) is 3.31. The van der Waals surface area contributed by atoms with Gasteiger partial charge < -0.3 is 15.4 Å². The Labute approximate surface area is 108 Å². The molecule has 1 heterocycles. The van der Waals surface area contributed by atoms with Crippen molar-refractivity contribution in [3.05, 3.63) is 35.9 Å². The molecule has 1 amide bonds. The highest BCUT2D eigenvalue weighted by molar-refractivity contribution is 5.81. The standard InChI is InChI=1S/C14H20N2O2/c1-2-12(15)14(17)16-8-9-18-13(10-16)11-6-4-3-5-7-11/h3-7,12-13H,2,8-10,15H2,1H3. The van der Waals surface area contributed by atoms with E-state index in [1.807, 2.05) is 42.2 Å². The second-order valence-electron chi connectivity index (χ2n) is 4.57. The fraction of sp³-hybridized carbons (Fsp3) is 0.500. The molecule has 1 saturated heterocycles. The number of hydrogen-bond donors (Lipinski definition) is 1. The predicted octanol–water partition coefficient (Wildman–Crippen LogP) is 1.32. The van der Waals surface area contributed by atoms with Crippen LogP contribution in [0.4, 0.5) is 0 Å². The van der Waals surface area contributed by atoms with Crippen LogP contribution in [-0.2, 0) is 9.53 Å². The maximum Gasteiger partial charge on any atom is 0.239 e. The highest BCUT2D eigenvalue weighted by Gasteiger charge is 2.27. The van der Waals surface area contributed by atoms with E-state index in [1.165, 1.54) is 0 Å². The van der Waals surface area contributed by atoms with E-state index in [4.69, 9.17) is 10.5 Å². The van der Waals surface area contributed by atoms with Crippen LogP contribution >= 0.6 is 0 Å². The van der Waals surface area contributed by atoms with E-state index in [0.29, 0.717) is 26.1 Å². The maximum absolute atomic E-state index is 12.1. The SMILES string of the molecule is CCC(N)C(=O)N1CCOC(c2ccccc2)C1. The first-order chi connectivity index (χ1) is 8.72. The van der Waals surface area contributed by atoms with Crippen LogP contribution in [0.2, 0.25) is 0 Å². The summed E-state index contributed by atoms with van der Waals surface area (Å²) in [5.74, 6) is 0.0294. The number of carbonyl (C=O) groups excluding carboxylic acids is 1. The highest BCUT2D eigenvalue weighted by Crippen LogP contribution is 2.22. The second kappa shape index (κ2) is 5.98. The summed E-state index contributed by atoms with van der Waals surface area (Å²) in [5.41, 5.74) is 6.91. The molecule has 2 rings (SSSR count). The highest BCUT2D eigenvalue weighted by atomic mass is 16.5. The van der Waals surface area contributed by atoms with Gasteiger partial charge in [-0.15, -0.1) is 0 Å². The van der Waals surface area contributed by atoms with Crippen molar-refractivity contribution in [3.8, 4) is 0 Å². The molecule has 98 valence electrons. The number of carbonyl (C=O) groups is 1. The van der Waals surface area contributed by atoms with Crippen LogP contribution in [0.5, 0.6) is 0 Å². The Bertz CT molecular complexity index is 394. The summed E-state index contributed by atoms with van der Waals surface area (Å²) in [6.45, 7) is 3.73. The van der Waals surface area contributed by atoms with Gasteiger partial charge in [-0.3, -0.25) is 4.79 Å². The lowest BCUT2D eigenvalue weighted by atomic mass is 10.1. The van der Waals surface area contributed by atoms with Crippen LogP contribution < -0.4 is 5.73 Å². The summed E-state index contributed by atoms with van der Waals surface area (Å²) < 4.78 is 5.72. The summed E-state index contributed by atoms with van der Waals surface area (Å²) in [6, 6.07) is 9.60. The van der Waals surface area contributed by atoms with Crippen LogP contribution in [-0.4, -0.2) is 36.5 Å². The molecular weight excluding hydrogens is 228 g/mol. The Balaban J connectivity index is 2.03. The minimum Gasteiger partial charge on any atom is -0.370 e. The van der Waals surface area contributed by atoms with E-state index in [9.17, 15) is 4.79 Å². The summed E-state index contributed by atoms with van der Waals surface area (Å²) in [4.78, 5) is 13.9. The molecular formula is C14H20N2O2. The Morgan fingerprint density at radius 1 is 1.50 bits per heavy atom. The van der Waals surface area contributed by atoms with Gasteiger partial charge in [-0.05, 0) is 12.0 Å². The van der Waals surface area contributed by atoms with E-state index in [1.54, 1.807) is 0 Å². The van der Waals surface area contributed by atoms with E-state index in [2.05, 4.69) is 0 Å². The van der Waals surface area contributed by atoms with Gasteiger partial charge in [0.25, 0.3) is 0 Å². The molecule has 0 saturated carbocycles. The van der Waals surface area contributed by atoms with Gasteiger partial charge in [0.15, 0.2) is 0 Å². The summed E-state index contributed by atoms with van der Waals surface area (Å²) in [5, 5.41) is 0. The zero-order valence-electron chi connectivity index (χ0n) is 10.7. The monoisotopic (exact) mass is 248 g/mol. The summed E-state index contributed by atoms with van der Waals surface area (Å²) in [6.07, 6.45) is 0.639.